The summed E-state index contributed by atoms with van der Waals surface area (Å²) in [6.45, 7) is 2.23. The maximum absolute atomic E-state index is 12.5. The van der Waals surface area contributed by atoms with Gasteiger partial charge in [-0.1, -0.05) is 15.9 Å². The van der Waals surface area contributed by atoms with Gasteiger partial charge in [0.1, 0.15) is 11.5 Å². The summed E-state index contributed by atoms with van der Waals surface area (Å²) < 4.78 is 11.8. The van der Waals surface area contributed by atoms with Crippen LogP contribution in [0.5, 0.6) is 11.5 Å². The molecule has 27 heavy (non-hydrogen) atoms. The van der Waals surface area contributed by atoms with Gasteiger partial charge in [0.25, 0.3) is 5.91 Å². The first-order valence-corrected chi connectivity index (χ1v) is 9.15. The summed E-state index contributed by atoms with van der Waals surface area (Å²) in [5.74, 6) is 1.23. The molecule has 0 aliphatic rings. The van der Waals surface area contributed by atoms with Gasteiger partial charge in [-0.15, -0.1) is 0 Å². The molecule has 0 radical (unpaired) electrons. The van der Waals surface area contributed by atoms with Gasteiger partial charge in [-0.25, -0.2) is 0 Å². The van der Waals surface area contributed by atoms with E-state index < -0.39 is 0 Å². The van der Waals surface area contributed by atoms with Crippen molar-refractivity contribution in [1.82, 2.24) is 4.98 Å². The van der Waals surface area contributed by atoms with E-state index in [0.29, 0.717) is 29.3 Å². The Kier molecular flexibility index (Phi) is 6.21. The molecule has 5 nitrogen and oxygen atoms in total. The van der Waals surface area contributed by atoms with Crippen molar-refractivity contribution in [3.63, 3.8) is 0 Å². The molecule has 0 spiro atoms. The van der Waals surface area contributed by atoms with Gasteiger partial charge in [-0.2, -0.15) is 0 Å². The van der Waals surface area contributed by atoms with Crippen LogP contribution in [0.25, 0.3) is 0 Å². The molecule has 0 unspecified atom stereocenters. The van der Waals surface area contributed by atoms with Gasteiger partial charge in [-0.05, 0) is 67.6 Å². The van der Waals surface area contributed by atoms with Crippen molar-refractivity contribution in [2.24, 2.45) is 0 Å². The van der Waals surface area contributed by atoms with Crippen molar-refractivity contribution < 1.29 is 14.3 Å². The second kappa shape index (κ2) is 8.79. The summed E-state index contributed by atoms with van der Waals surface area (Å²) in [7, 11) is 1.61. The fraction of sp³-hybridized carbons (Fsp3) is 0.143. The van der Waals surface area contributed by atoms with Crippen LogP contribution in [-0.2, 0) is 11.3 Å². The number of rotatable bonds is 6. The quantitative estimate of drug-likeness (QED) is 0.577. The number of carbonyl (C=O) groups excluding carboxylic acids is 1. The Hall–Kier alpha value is -2.70. The SMILES string of the molecule is COCc1ccc(C(=O)Nc2ccc(Oc3ccc(Br)cc3)cc2)c(C)n1. The van der Waals surface area contributed by atoms with Crippen LogP contribution in [0.2, 0.25) is 0 Å². The van der Waals surface area contributed by atoms with Gasteiger partial charge in [0.15, 0.2) is 0 Å². The summed E-state index contributed by atoms with van der Waals surface area (Å²) in [5.41, 5.74) is 2.67. The topological polar surface area (TPSA) is 60.5 Å². The molecule has 138 valence electrons. The van der Waals surface area contributed by atoms with Crippen LogP contribution < -0.4 is 10.1 Å². The molecule has 0 saturated heterocycles. The Morgan fingerprint density at radius 1 is 1.00 bits per heavy atom. The number of anilines is 1. The number of nitrogens with zero attached hydrogens (tertiary/aromatic N) is 1. The minimum absolute atomic E-state index is 0.203. The first-order chi connectivity index (χ1) is 13.0. The summed E-state index contributed by atoms with van der Waals surface area (Å²) in [5, 5.41) is 2.88. The minimum Gasteiger partial charge on any atom is -0.457 e. The zero-order valence-electron chi connectivity index (χ0n) is 15.0. The predicted molar refractivity (Wildman–Crippen MR) is 108 cm³/mol. The van der Waals surface area contributed by atoms with Gasteiger partial charge in [0.05, 0.1) is 23.6 Å². The van der Waals surface area contributed by atoms with E-state index in [1.165, 1.54) is 0 Å². The lowest BCUT2D eigenvalue weighted by molar-refractivity contribution is 0.102. The number of ether oxygens (including phenoxy) is 2. The number of amides is 1. The molecule has 6 heteroatoms. The third-order valence-corrected chi connectivity index (χ3v) is 4.37. The van der Waals surface area contributed by atoms with Gasteiger partial charge < -0.3 is 14.8 Å². The van der Waals surface area contributed by atoms with E-state index in [0.717, 1.165) is 15.9 Å². The second-order valence-corrected chi connectivity index (χ2v) is 6.82. The minimum atomic E-state index is -0.203. The smallest absolute Gasteiger partial charge is 0.257 e. The lowest BCUT2D eigenvalue weighted by atomic mass is 10.1. The number of aromatic nitrogens is 1. The molecule has 0 aliphatic carbocycles. The molecule has 2 aromatic carbocycles. The number of aryl methyl sites for hydroxylation is 1. The molecule has 0 bridgehead atoms. The van der Waals surface area contributed by atoms with E-state index in [-0.39, 0.29) is 5.91 Å². The lowest BCUT2D eigenvalue weighted by Gasteiger charge is -2.10. The van der Waals surface area contributed by atoms with E-state index in [9.17, 15) is 4.79 Å². The fourth-order valence-electron chi connectivity index (χ4n) is 2.52. The number of benzene rings is 2. The Morgan fingerprint density at radius 2 is 1.63 bits per heavy atom. The number of hydrogen-bond donors (Lipinski definition) is 1. The molecule has 0 fully saturated rings. The first kappa shape index (κ1) is 19.1. The number of carbonyl (C=O) groups is 1. The average Bonchev–Trinajstić information content (AvgIpc) is 2.65. The van der Waals surface area contributed by atoms with Gasteiger partial charge in [-0.3, -0.25) is 9.78 Å². The highest BCUT2D eigenvalue weighted by atomic mass is 79.9. The van der Waals surface area contributed by atoms with Crippen molar-refractivity contribution in [2.75, 3.05) is 12.4 Å². The molecule has 3 aromatic rings. The summed E-state index contributed by atoms with van der Waals surface area (Å²) in [6.07, 6.45) is 0. The van der Waals surface area contributed by atoms with E-state index in [1.54, 1.807) is 31.4 Å². The van der Waals surface area contributed by atoms with Crippen LogP contribution >= 0.6 is 15.9 Å². The number of methoxy groups -OCH3 is 1. The second-order valence-electron chi connectivity index (χ2n) is 5.90. The number of nitrogens with one attached hydrogen (secondary N) is 1. The van der Waals surface area contributed by atoms with E-state index in [2.05, 4.69) is 26.2 Å². The maximum Gasteiger partial charge on any atom is 0.257 e. The van der Waals surface area contributed by atoms with Crippen LogP contribution in [0.4, 0.5) is 5.69 Å². The molecule has 1 amide bonds. The lowest BCUT2D eigenvalue weighted by Crippen LogP contribution is -2.14. The molecular formula is C21H19BrN2O3. The molecule has 1 N–H and O–H groups in total. The highest BCUT2D eigenvalue weighted by Gasteiger charge is 2.11. The molecule has 0 saturated carbocycles. The van der Waals surface area contributed by atoms with Crippen molar-refractivity contribution >= 4 is 27.5 Å². The van der Waals surface area contributed by atoms with Crippen LogP contribution in [0.3, 0.4) is 0 Å². The van der Waals surface area contributed by atoms with Crippen molar-refractivity contribution in [1.29, 1.82) is 0 Å². The predicted octanol–water partition coefficient (Wildman–Crippen LogP) is 5.34. The fourth-order valence-corrected chi connectivity index (χ4v) is 2.79. The summed E-state index contributed by atoms with van der Waals surface area (Å²) in [4.78, 5) is 16.9. The van der Waals surface area contributed by atoms with Gasteiger partial charge in [0, 0.05) is 17.3 Å². The third kappa shape index (κ3) is 5.15. The third-order valence-electron chi connectivity index (χ3n) is 3.84. The monoisotopic (exact) mass is 426 g/mol. The molecule has 1 aromatic heterocycles. The zero-order valence-corrected chi connectivity index (χ0v) is 16.6. The Balaban J connectivity index is 1.65. The average molecular weight is 427 g/mol. The summed E-state index contributed by atoms with van der Waals surface area (Å²) >= 11 is 3.39. The van der Waals surface area contributed by atoms with Gasteiger partial charge in [0.2, 0.25) is 0 Å². The highest BCUT2D eigenvalue weighted by molar-refractivity contribution is 9.10. The first-order valence-electron chi connectivity index (χ1n) is 8.35. The van der Waals surface area contributed by atoms with E-state index in [4.69, 9.17) is 9.47 Å². The summed E-state index contributed by atoms with van der Waals surface area (Å²) in [6, 6.07) is 18.4. The Bertz CT molecular complexity index is 925. The van der Waals surface area contributed by atoms with Crippen molar-refractivity contribution in [2.45, 2.75) is 13.5 Å². The standard InChI is InChI=1S/C21H19BrN2O3/c1-14-20(12-7-17(23-14)13-26-2)21(25)24-16-5-10-19(11-6-16)27-18-8-3-15(22)4-9-18/h3-12H,13H2,1-2H3,(H,24,25). The molecular weight excluding hydrogens is 408 g/mol. The van der Waals surface area contributed by atoms with E-state index in [1.807, 2.05) is 43.3 Å². The number of hydrogen-bond acceptors (Lipinski definition) is 4. The highest BCUT2D eigenvalue weighted by Crippen LogP contribution is 2.24. The number of pyridine rings is 1. The molecule has 0 atom stereocenters. The van der Waals surface area contributed by atoms with Crippen LogP contribution in [-0.4, -0.2) is 18.0 Å². The number of halogens is 1. The molecule has 0 aliphatic heterocycles. The van der Waals surface area contributed by atoms with Crippen LogP contribution in [0, 0.1) is 6.92 Å². The van der Waals surface area contributed by atoms with Crippen molar-refractivity contribution in [3.05, 3.63) is 82.1 Å². The zero-order chi connectivity index (χ0) is 19.2. The normalized spacial score (nSPS) is 10.5. The maximum atomic E-state index is 12.5. The largest absolute Gasteiger partial charge is 0.457 e. The van der Waals surface area contributed by atoms with Crippen LogP contribution in [0.15, 0.2) is 65.1 Å². The van der Waals surface area contributed by atoms with Crippen LogP contribution in [0.1, 0.15) is 21.7 Å². The molecule has 1 heterocycles. The molecule has 3 rings (SSSR count). The Morgan fingerprint density at radius 3 is 2.22 bits per heavy atom. The van der Waals surface area contributed by atoms with Crippen molar-refractivity contribution in [3.8, 4) is 11.5 Å². The Labute approximate surface area is 166 Å². The van der Waals surface area contributed by atoms with E-state index >= 15 is 0 Å². The van der Waals surface area contributed by atoms with Gasteiger partial charge >= 0.3 is 0 Å².